The fraction of sp³-hybridized carbons (Fsp3) is 0.150. The minimum atomic E-state index is -0.430. The Hall–Kier alpha value is -3.06. The second-order valence-corrected chi connectivity index (χ2v) is 6.60. The summed E-state index contributed by atoms with van der Waals surface area (Å²) < 4.78 is 10.2. The average molecular weight is 383 g/mol. The van der Waals surface area contributed by atoms with Crippen LogP contribution in [-0.2, 0) is 9.53 Å². The van der Waals surface area contributed by atoms with E-state index >= 15 is 0 Å². The summed E-state index contributed by atoms with van der Waals surface area (Å²) in [7, 11) is 1.31. The highest BCUT2D eigenvalue weighted by atomic mass is 32.2. The third kappa shape index (κ3) is 4.57. The normalized spacial score (nSPS) is 15.3. The van der Waals surface area contributed by atoms with Crippen molar-refractivity contribution in [2.45, 2.75) is 0 Å². The van der Waals surface area contributed by atoms with Gasteiger partial charge in [0.15, 0.2) is 0 Å². The predicted octanol–water partition coefficient (Wildman–Crippen LogP) is 3.59. The van der Waals surface area contributed by atoms with Gasteiger partial charge in [-0.2, -0.15) is 0 Å². The number of rotatable bonds is 6. The Morgan fingerprint density at radius 2 is 1.78 bits per heavy atom. The van der Waals surface area contributed by atoms with E-state index in [0.717, 1.165) is 11.8 Å². The topological polar surface area (TPSA) is 72.9 Å². The average Bonchev–Trinajstić information content (AvgIpc) is 2.96. The van der Waals surface area contributed by atoms with Crippen LogP contribution in [-0.4, -0.2) is 42.3 Å². The summed E-state index contributed by atoms with van der Waals surface area (Å²) in [6, 6.07) is 15.8. The van der Waals surface area contributed by atoms with Gasteiger partial charge in [-0.3, -0.25) is 14.5 Å². The number of imide groups is 1. The molecule has 0 aromatic heterocycles. The first-order chi connectivity index (χ1) is 13.1. The molecule has 1 aliphatic heterocycles. The molecule has 2 amide bonds. The van der Waals surface area contributed by atoms with E-state index in [4.69, 9.17) is 4.74 Å². The van der Waals surface area contributed by atoms with Crippen molar-refractivity contribution in [1.29, 1.82) is 0 Å². The first-order valence-electron chi connectivity index (χ1n) is 8.20. The molecule has 0 atom stereocenters. The maximum absolute atomic E-state index is 12.5. The van der Waals surface area contributed by atoms with Gasteiger partial charge in [0.25, 0.3) is 11.1 Å². The van der Waals surface area contributed by atoms with Crippen LogP contribution in [0.15, 0.2) is 59.5 Å². The molecule has 2 aromatic rings. The third-order valence-electron chi connectivity index (χ3n) is 3.83. The molecular weight excluding hydrogens is 366 g/mol. The number of ether oxygens (including phenoxy) is 2. The molecule has 0 spiro atoms. The van der Waals surface area contributed by atoms with Crippen molar-refractivity contribution in [2.75, 3.05) is 20.3 Å². The highest BCUT2D eigenvalue weighted by Gasteiger charge is 2.34. The molecule has 1 saturated heterocycles. The number of amides is 2. The zero-order valence-electron chi connectivity index (χ0n) is 14.6. The van der Waals surface area contributed by atoms with E-state index in [2.05, 4.69) is 4.74 Å². The molecule has 3 rings (SSSR count). The minimum Gasteiger partial charge on any atom is -0.492 e. The highest BCUT2D eigenvalue weighted by Crippen LogP contribution is 2.32. The molecule has 0 aliphatic carbocycles. The van der Waals surface area contributed by atoms with E-state index in [1.165, 1.54) is 12.0 Å². The number of nitrogens with zero attached hydrogens (tertiary/aromatic N) is 1. The molecule has 0 bridgehead atoms. The maximum atomic E-state index is 12.5. The number of esters is 1. The van der Waals surface area contributed by atoms with Crippen molar-refractivity contribution in [1.82, 2.24) is 4.90 Å². The number of thioether (sulfide) groups is 1. The fourth-order valence-corrected chi connectivity index (χ4v) is 3.31. The highest BCUT2D eigenvalue weighted by molar-refractivity contribution is 8.18. The number of benzene rings is 2. The van der Waals surface area contributed by atoms with Crippen LogP contribution in [0.25, 0.3) is 6.08 Å². The van der Waals surface area contributed by atoms with Crippen LogP contribution in [0.3, 0.4) is 0 Å². The van der Waals surface area contributed by atoms with Gasteiger partial charge in [-0.15, -0.1) is 0 Å². The van der Waals surface area contributed by atoms with Crippen LogP contribution in [0, 0.1) is 0 Å². The Balaban J connectivity index is 1.62. The molecule has 1 fully saturated rings. The lowest BCUT2D eigenvalue weighted by molar-refractivity contribution is -0.123. The maximum Gasteiger partial charge on any atom is 0.337 e. The summed E-state index contributed by atoms with van der Waals surface area (Å²) in [5, 5.41) is -0.325. The number of methoxy groups -OCH3 is 1. The predicted molar refractivity (Wildman–Crippen MR) is 102 cm³/mol. The lowest BCUT2D eigenvalue weighted by Gasteiger charge is -2.13. The van der Waals surface area contributed by atoms with Gasteiger partial charge in [0, 0.05) is 0 Å². The number of para-hydroxylation sites is 1. The lowest BCUT2D eigenvalue weighted by atomic mass is 10.1. The van der Waals surface area contributed by atoms with E-state index in [-0.39, 0.29) is 24.3 Å². The molecule has 27 heavy (non-hydrogen) atoms. The molecule has 1 aliphatic rings. The van der Waals surface area contributed by atoms with Gasteiger partial charge < -0.3 is 9.47 Å². The van der Waals surface area contributed by atoms with E-state index in [1.807, 2.05) is 30.3 Å². The third-order valence-corrected chi connectivity index (χ3v) is 4.74. The molecule has 1 heterocycles. The number of carbonyl (C=O) groups is 3. The minimum absolute atomic E-state index is 0.179. The fourth-order valence-electron chi connectivity index (χ4n) is 2.45. The van der Waals surface area contributed by atoms with Crippen molar-refractivity contribution >= 4 is 35.0 Å². The summed E-state index contributed by atoms with van der Waals surface area (Å²) in [5.41, 5.74) is 1.13. The van der Waals surface area contributed by atoms with Gasteiger partial charge in [-0.25, -0.2) is 4.79 Å². The summed E-state index contributed by atoms with van der Waals surface area (Å²) in [5.74, 6) is -0.0929. The van der Waals surface area contributed by atoms with E-state index in [0.29, 0.717) is 21.8 Å². The monoisotopic (exact) mass is 383 g/mol. The van der Waals surface area contributed by atoms with E-state index < -0.39 is 5.97 Å². The van der Waals surface area contributed by atoms with Crippen LogP contribution >= 0.6 is 11.8 Å². The van der Waals surface area contributed by atoms with Crippen LogP contribution in [0.5, 0.6) is 5.75 Å². The van der Waals surface area contributed by atoms with Crippen molar-refractivity contribution in [2.24, 2.45) is 0 Å². The number of hydrogen-bond donors (Lipinski definition) is 0. The molecule has 0 unspecified atom stereocenters. The second kappa shape index (κ2) is 8.55. The summed E-state index contributed by atoms with van der Waals surface area (Å²) >= 11 is 0.889. The van der Waals surface area contributed by atoms with E-state index in [1.54, 1.807) is 30.3 Å². The molecular formula is C20H17NO5S. The molecule has 7 heteroatoms. The zero-order chi connectivity index (χ0) is 19.2. The Labute approximate surface area is 160 Å². The van der Waals surface area contributed by atoms with Crippen LogP contribution in [0.1, 0.15) is 15.9 Å². The van der Waals surface area contributed by atoms with Gasteiger partial charge in [0.2, 0.25) is 0 Å². The van der Waals surface area contributed by atoms with Gasteiger partial charge in [0.05, 0.1) is 24.1 Å². The van der Waals surface area contributed by atoms with Crippen molar-refractivity contribution in [3.05, 3.63) is 70.6 Å². The Bertz CT molecular complexity index is 877. The zero-order valence-corrected chi connectivity index (χ0v) is 15.4. The van der Waals surface area contributed by atoms with Gasteiger partial charge in [0.1, 0.15) is 12.4 Å². The standard InChI is InChI=1S/C20H17NO5S/c1-25-19(23)15-9-7-14(8-10-15)13-17-18(22)21(20(24)27-17)11-12-26-16-5-3-2-4-6-16/h2-10,13H,11-12H2,1H3. The van der Waals surface area contributed by atoms with Gasteiger partial charge >= 0.3 is 5.97 Å². The molecule has 2 aromatic carbocycles. The molecule has 138 valence electrons. The quantitative estimate of drug-likeness (QED) is 0.561. The SMILES string of the molecule is COC(=O)c1ccc(C=C2SC(=O)N(CCOc3ccccc3)C2=O)cc1. The number of carbonyl (C=O) groups excluding carboxylic acids is 3. The van der Waals surface area contributed by atoms with Crippen molar-refractivity contribution in [3.8, 4) is 5.75 Å². The summed E-state index contributed by atoms with van der Waals surface area (Å²) in [6.07, 6.45) is 1.63. The first kappa shape index (κ1) is 18.7. The molecule has 0 radical (unpaired) electrons. The van der Waals surface area contributed by atoms with Crippen LogP contribution < -0.4 is 4.74 Å². The summed E-state index contributed by atoms with van der Waals surface area (Å²) in [6.45, 7) is 0.404. The Kier molecular flexibility index (Phi) is 5.93. The van der Waals surface area contributed by atoms with Crippen LogP contribution in [0.2, 0.25) is 0 Å². The first-order valence-corrected chi connectivity index (χ1v) is 9.02. The molecule has 0 N–H and O–H groups in total. The van der Waals surface area contributed by atoms with Gasteiger partial charge in [-0.1, -0.05) is 30.3 Å². The smallest absolute Gasteiger partial charge is 0.337 e. The Morgan fingerprint density at radius 1 is 1.07 bits per heavy atom. The largest absolute Gasteiger partial charge is 0.492 e. The second-order valence-electron chi connectivity index (χ2n) is 5.61. The van der Waals surface area contributed by atoms with Crippen molar-refractivity contribution in [3.63, 3.8) is 0 Å². The molecule has 0 saturated carbocycles. The number of hydrogen-bond acceptors (Lipinski definition) is 6. The van der Waals surface area contributed by atoms with Crippen molar-refractivity contribution < 1.29 is 23.9 Å². The molecule has 6 nitrogen and oxygen atoms in total. The van der Waals surface area contributed by atoms with E-state index in [9.17, 15) is 14.4 Å². The van der Waals surface area contributed by atoms with Gasteiger partial charge in [-0.05, 0) is 47.7 Å². The lowest BCUT2D eigenvalue weighted by Crippen LogP contribution is -2.32. The summed E-state index contributed by atoms with van der Waals surface area (Å²) in [4.78, 5) is 37.5. The Morgan fingerprint density at radius 3 is 2.44 bits per heavy atom. The van der Waals surface area contributed by atoms with Crippen LogP contribution in [0.4, 0.5) is 4.79 Å².